The maximum atomic E-state index is 12.0. The Bertz CT molecular complexity index is 456. The maximum Gasteiger partial charge on any atom is 0.323 e. The molecule has 1 saturated heterocycles. The highest BCUT2D eigenvalue weighted by Gasteiger charge is 2.35. The van der Waals surface area contributed by atoms with Crippen LogP contribution in [0.4, 0.5) is 0 Å². The van der Waals surface area contributed by atoms with Crippen LogP contribution in [0.2, 0.25) is 0 Å². The van der Waals surface area contributed by atoms with Crippen LogP contribution >= 0.6 is 0 Å². The van der Waals surface area contributed by atoms with Gasteiger partial charge in [0, 0.05) is 32.7 Å². The molecule has 0 aliphatic carbocycles. The van der Waals surface area contributed by atoms with E-state index >= 15 is 0 Å². The summed E-state index contributed by atoms with van der Waals surface area (Å²) in [6.07, 6.45) is 0.259. The fourth-order valence-electron chi connectivity index (χ4n) is 1.91. The van der Waals surface area contributed by atoms with Gasteiger partial charge >= 0.3 is 11.9 Å². The third kappa shape index (κ3) is 4.15. The summed E-state index contributed by atoms with van der Waals surface area (Å²) in [5.74, 6) is -1.65. The SMILES string of the molecule is COC(=O)CCN1CCN(S(=O)(=O)C(C)C(=O)O)CC1. The van der Waals surface area contributed by atoms with Crippen LogP contribution in [-0.4, -0.2) is 79.8 Å². The summed E-state index contributed by atoms with van der Waals surface area (Å²) in [4.78, 5) is 23.8. The van der Waals surface area contributed by atoms with Crippen LogP contribution in [0.3, 0.4) is 0 Å². The van der Waals surface area contributed by atoms with E-state index < -0.39 is 21.2 Å². The van der Waals surface area contributed by atoms with E-state index in [1.807, 2.05) is 4.90 Å². The first-order valence-electron chi connectivity index (χ1n) is 6.30. The standard InChI is InChI=1S/C11H20N2O6S/c1-9(11(15)16)20(17,18)13-7-5-12(6-8-13)4-3-10(14)19-2/h9H,3-8H2,1-2H3,(H,15,16). The average Bonchev–Trinajstić information content (AvgIpc) is 2.44. The monoisotopic (exact) mass is 308 g/mol. The molecule has 20 heavy (non-hydrogen) atoms. The molecule has 0 aromatic rings. The molecule has 8 nitrogen and oxygen atoms in total. The second-order valence-corrected chi connectivity index (χ2v) is 6.85. The Morgan fingerprint density at radius 3 is 2.25 bits per heavy atom. The highest BCUT2D eigenvalue weighted by molar-refractivity contribution is 7.90. The zero-order valence-corrected chi connectivity index (χ0v) is 12.4. The summed E-state index contributed by atoms with van der Waals surface area (Å²) < 4.78 is 29.7. The van der Waals surface area contributed by atoms with Crippen molar-refractivity contribution in [2.45, 2.75) is 18.6 Å². The van der Waals surface area contributed by atoms with E-state index in [1.165, 1.54) is 18.3 Å². The molecule has 9 heteroatoms. The third-order valence-corrected chi connectivity index (χ3v) is 5.53. The molecule has 116 valence electrons. The summed E-state index contributed by atoms with van der Waals surface area (Å²) in [6, 6.07) is 0. The van der Waals surface area contributed by atoms with Gasteiger partial charge in [-0.15, -0.1) is 0 Å². The van der Waals surface area contributed by atoms with E-state index in [0.29, 0.717) is 19.6 Å². The number of aliphatic carboxylic acids is 1. The van der Waals surface area contributed by atoms with Crippen molar-refractivity contribution in [3.8, 4) is 0 Å². The van der Waals surface area contributed by atoms with Gasteiger partial charge in [0.25, 0.3) is 0 Å². The summed E-state index contributed by atoms with van der Waals surface area (Å²) in [5, 5.41) is 7.36. The van der Waals surface area contributed by atoms with Crippen molar-refractivity contribution in [1.82, 2.24) is 9.21 Å². The molecule has 0 bridgehead atoms. The zero-order valence-electron chi connectivity index (χ0n) is 11.6. The van der Waals surface area contributed by atoms with Crippen molar-refractivity contribution < 1.29 is 27.9 Å². The van der Waals surface area contributed by atoms with Gasteiger partial charge < -0.3 is 14.7 Å². The number of rotatable bonds is 6. The normalized spacial score (nSPS) is 19.5. The first-order valence-corrected chi connectivity index (χ1v) is 7.80. The first-order chi connectivity index (χ1) is 9.28. The highest BCUT2D eigenvalue weighted by atomic mass is 32.2. The Kier molecular flexibility index (Phi) is 5.90. The lowest BCUT2D eigenvalue weighted by Crippen LogP contribution is -2.52. The molecule has 0 radical (unpaired) electrons. The number of esters is 1. The van der Waals surface area contributed by atoms with Crippen LogP contribution in [-0.2, 0) is 24.3 Å². The summed E-state index contributed by atoms with van der Waals surface area (Å²) in [5.41, 5.74) is 0. The Hall–Kier alpha value is -1.19. The van der Waals surface area contributed by atoms with Gasteiger partial charge in [-0.1, -0.05) is 0 Å². The van der Waals surface area contributed by atoms with Crippen molar-refractivity contribution in [2.24, 2.45) is 0 Å². The molecule has 0 spiro atoms. The number of nitrogens with zero attached hydrogens (tertiary/aromatic N) is 2. The van der Waals surface area contributed by atoms with Crippen molar-refractivity contribution in [3.05, 3.63) is 0 Å². The molecular formula is C11H20N2O6S. The average molecular weight is 308 g/mol. The topological polar surface area (TPSA) is 104 Å². The molecule has 0 aromatic carbocycles. The quantitative estimate of drug-likeness (QED) is 0.626. The predicted octanol–water partition coefficient (Wildman–Crippen LogP) is -1.03. The highest BCUT2D eigenvalue weighted by Crippen LogP contribution is 2.13. The smallest absolute Gasteiger partial charge is 0.323 e. The van der Waals surface area contributed by atoms with E-state index in [-0.39, 0.29) is 25.5 Å². The maximum absolute atomic E-state index is 12.0. The van der Waals surface area contributed by atoms with Crippen LogP contribution in [0.25, 0.3) is 0 Å². The zero-order chi connectivity index (χ0) is 15.3. The van der Waals surface area contributed by atoms with Crippen LogP contribution < -0.4 is 0 Å². The predicted molar refractivity (Wildman–Crippen MR) is 70.7 cm³/mol. The van der Waals surface area contributed by atoms with E-state index in [2.05, 4.69) is 4.74 Å². The molecule has 0 aromatic heterocycles. The molecule has 1 heterocycles. The minimum Gasteiger partial charge on any atom is -0.480 e. The van der Waals surface area contributed by atoms with Gasteiger partial charge in [0.05, 0.1) is 13.5 Å². The van der Waals surface area contributed by atoms with Gasteiger partial charge in [-0.05, 0) is 6.92 Å². The van der Waals surface area contributed by atoms with Crippen LogP contribution in [0, 0.1) is 0 Å². The fraction of sp³-hybridized carbons (Fsp3) is 0.818. The van der Waals surface area contributed by atoms with Crippen molar-refractivity contribution in [2.75, 3.05) is 39.8 Å². The van der Waals surface area contributed by atoms with Crippen molar-refractivity contribution in [1.29, 1.82) is 0 Å². The Labute approximate surface area is 118 Å². The Morgan fingerprint density at radius 2 is 1.80 bits per heavy atom. The number of carbonyl (C=O) groups is 2. The van der Waals surface area contributed by atoms with Gasteiger partial charge in [-0.25, -0.2) is 8.42 Å². The molecule has 1 aliphatic rings. The van der Waals surface area contributed by atoms with E-state index in [0.717, 1.165) is 0 Å². The number of carboxylic acids is 1. The Morgan fingerprint density at radius 1 is 1.25 bits per heavy atom. The molecule has 1 rings (SSSR count). The van der Waals surface area contributed by atoms with Crippen molar-refractivity contribution in [3.63, 3.8) is 0 Å². The number of carbonyl (C=O) groups excluding carboxylic acids is 1. The molecule has 1 fully saturated rings. The second-order valence-electron chi connectivity index (χ2n) is 4.59. The lowest BCUT2D eigenvalue weighted by Gasteiger charge is -2.34. The Balaban J connectivity index is 2.50. The summed E-state index contributed by atoms with van der Waals surface area (Å²) in [7, 11) is -2.49. The number of piperazine rings is 1. The number of carboxylic acid groups (broad SMARTS) is 1. The second kappa shape index (κ2) is 7.00. The molecule has 0 saturated carbocycles. The largest absolute Gasteiger partial charge is 0.480 e. The minimum atomic E-state index is -3.81. The lowest BCUT2D eigenvalue weighted by molar-refractivity contribution is -0.141. The van der Waals surface area contributed by atoms with Crippen LogP contribution in [0.15, 0.2) is 0 Å². The van der Waals surface area contributed by atoms with Gasteiger partial charge in [-0.3, -0.25) is 9.59 Å². The summed E-state index contributed by atoms with van der Waals surface area (Å²) >= 11 is 0. The van der Waals surface area contributed by atoms with Gasteiger partial charge in [0.15, 0.2) is 5.25 Å². The first kappa shape index (κ1) is 16.9. The van der Waals surface area contributed by atoms with Gasteiger partial charge in [0.1, 0.15) is 0 Å². The molecule has 1 N–H and O–H groups in total. The minimum absolute atomic E-state index is 0.237. The number of hydrogen-bond donors (Lipinski definition) is 1. The van der Waals surface area contributed by atoms with E-state index in [1.54, 1.807) is 0 Å². The van der Waals surface area contributed by atoms with Crippen LogP contribution in [0.1, 0.15) is 13.3 Å². The molecule has 1 aliphatic heterocycles. The van der Waals surface area contributed by atoms with Gasteiger partial charge in [-0.2, -0.15) is 4.31 Å². The van der Waals surface area contributed by atoms with Gasteiger partial charge in [0.2, 0.25) is 10.0 Å². The van der Waals surface area contributed by atoms with Crippen molar-refractivity contribution >= 4 is 22.0 Å². The van der Waals surface area contributed by atoms with E-state index in [9.17, 15) is 18.0 Å². The molecule has 0 amide bonds. The number of ether oxygens (including phenoxy) is 1. The molecule has 1 unspecified atom stereocenters. The lowest BCUT2D eigenvalue weighted by atomic mass is 10.3. The fourth-order valence-corrected chi connectivity index (χ4v) is 3.28. The van der Waals surface area contributed by atoms with E-state index in [4.69, 9.17) is 5.11 Å². The summed E-state index contributed by atoms with van der Waals surface area (Å²) in [6.45, 7) is 3.10. The van der Waals surface area contributed by atoms with Crippen LogP contribution in [0.5, 0.6) is 0 Å². The number of methoxy groups -OCH3 is 1. The number of hydrogen-bond acceptors (Lipinski definition) is 6. The molecule has 1 atom stereocenters. The third-order valence-electron chi connectivity index (χ3n) is 3.35. The number of sulfonamides is 1. The molecular weight excluding hydrogens is 288 g/mol.